The largest absolute Gasteiger partial charge is 0.375 e. The fraction of sp³-hybridized carbons (Fsp3) is 0.500. The van der Waals surface area contributed by atoms with Crippen LogP contribution in [0.25, 0.3) is 0 Å². The lowest BCUT2D eigenvalue weighted by Crippen LogP contribution is -2.59. The average Bonchev–Trinajstić information content (AvgIpc) is 2.96. The van der Waals surface area contributed by atoms with Gasteiger partial charge >= 0.3 is 0 Å². The fourth-order valence-electron chi connectivity index (χ4n) is 5.83. The molecule has 2 fully saturated rings. The standard InChI is InChI=1S/C32H38Cl3F2N3O4/c1-5-16-43-32(31(2,36)37,21-17-22(33)19-23(34)18-21)30(42)40-14-10-26(11-15-40)44-25-8-12-39(13-9-25)24-6-7-27(28(35)20-24)29(41)38(3)4/h5-7,17-20,25-26H,1,8-16H2,2-4H3/t32-/m1/s1. The number of hydrogen-bond donors (Lipinski definition) is 0. The summed E-state index contributed by atoms with van der Waals surface area (Å²) in [5.74, 6) is -4.60. The number of hydrogen-bond acceptors (Lipinski definition) is 5. The summed E-state index contributed by atoms with van der Waals surface area (Å²) < 4.78 is 42.9. The first kappa shape index (κ1) is 34.4. The predicted octanol–water partition coefficient (Wildman–Crippen LogP) is 7.08. The Morgan fingerprint density at radius 3 is 2.05 bits per heavy atom. The van der Waals surface area contributed by atoms with E-state index in [2.05, 4.69) is 11.5 Å². The summed E-state index contributed by atoms with van der Waals surface area (Å²) in [7, 11) is 3.37. The van der Waals surface area contributed by atoms with Crippen molar-refractivity contribution in [2.75, 3.05) is 51.8 Å². The number of likely N-dealkylation sites (tertiary alicyclic amines) is 1. The summed E-state index contributed by atoms with van der Waals surface area (Å²) in [4.78, 5) is 31.3. The molecule has 0 bridgehead atoms. The Morgan fingerprint density at radius 1 is 0.977 bits per heavy atom. The molecule has 0 unspecified atom stereocenters. The highest BCUT2D eigenvalue weighted by molar-refractivity contribution is 6.35. The van der Waals surface area contributed by atoms with Crippen molar-refractivity contribution in [3.05, 3.63) is 75.2 Å². The van der Waals surface area contributed by atoms with Crippen LogP contribution in [-0.2, 0) is 19.9 Å². The van der Waals surface area contributed by atoms with Crippen LogP contribution in [0.15, 0.2) is 49.1 Å². The van der Waals surface area contributed by atoms with Gasteiger partial charge in [0, 0.05) is 68.5 Å². The molecule has 2 heterocycles. The summed E-state index contributed by atoms with van der Waals surface area (Å²) in [6.07, 6.45) is 3.86. The lowest BCUT2D eigenvalue weighted by molar-refractivity contribution is -0.215. The molecule has 2 aliphatic rings. The smallest absolute Gasteiger partial charge is 0.287 e. The number of nitrogens with zero attached hydrogens (tertiary/aromatic N) is 3. The number of rotatable bonds is 10. The molecule has 0 N–H and O–H groups in total. The van der Waals surface area contributed by atoms with E-state index in [1.54, 1.807) is 20.2 Å². The Labute approximate surface area is 272 Å². The van der Waals surface area contributed by atoms with Crippen molar-refractivity contribution in [3.8, 4) is 0 Å². The molecule has 7 nitrogen and oxygen atoms in total. The summed E-state index contributed by atoms with van der Waals surface area (Å²) in [6, 6.07) is 9.48. The maximum Gasteiger partial charge on any atom is 0.287 e. The average molecular weight is 673 g/mol. The Kier molecular flexibility index (Phi) is 11.2. The molecule has 240 valence electrons. The Hall–Kier alpha value is -2.43. The number of carbonyl (C=O) groups is 2. The minimum absolute atomic E-state index is 0.0344. The molecule has 0 spiro atoms. The van der Waals surface area contributed by atoms with Crippen LogP contribution < -0.4 is 4.90 Å². The Bertz CT molecular complexity index is 1340. The number of benzene rings is 2. The van der Waals surface area contributed by atoms with Gasteiger partial charge in [0.05, 0.1) is 29.4 Å². The molecule has 2 aromatic rings. The van der Waals surface area contributed by atoms with Crippen molar-refractivity contribution in [1.29, 1.82) is 0 Å². The number of halogens is 5. The molecule has 12 heteroatoms. The normalized spacial score (nSPS) is 18.2. The molecule has 2 aliphatic heterocycles. The zero-order chi connectivity index (χ0) is 32.2. The quantitative estimate of drug-likeness (QED) is 0.253. The van der Waals surface area contributed by atoms with Gasteiger partial charge in [-0.05, 0) is 62.1 Å². The Balaban J connectivity index is 1.37. The van der Waals surface area contributed by atoms with Crippen LogP contribution in [0.4, 0.5) is 14.5 Å². The van der Waals surface area contributed by atoms with Crippen LogP contribution in [0.1, 0.15) is 48.5 Å². The van der Waals surface area contributed by atoms with E-state index >= 15 is 8.78 Å². The molecule has 0 aromatic heterocycles. The SMILES string of the molecule is C=CCO[C@@](C(=O)N1CCC(OC2CCN(c3ccc(C(=O)N(C)C)c(Cl)c3)CC2)CC1)(c1cc(Cl)cc(Cl)c1)C(C)(F)F. The van der Waals surface area contributed by atoms with Crippen LogP contribution in [0, 0.1) is 0 Å². The molecule has 0 radical (unpaired) electrons. The zero-order valence-electron chi connectivity index (χ0n) is 25.1. The van der Waals surface area contributed by atoms with Gasteiger partial charge in [-0.2, -0.15) is 0 Å². The molecule has 0 aliphatic carbocycles. The maximum absolute atomic E-state index is 15.4. The summed E-state index contributed by atoms with van der Waals surface area (Å²) in [5.41, 5.74) is -1.32. The Morgan fingerprint density at radius 2 is 1.55 bits per heavy atom. The van der Waals surface area contributed by atoms with E-state index in [9.17, 15) is 9.59 Å². The first-order chi connectivity index (χ1) is 20.8. The maximum atomic E-state index is 15.4. The highest BCUT2D eigenvalue weighted by Gasteiger charge is 2.60. The van der Waals surface area contributed by atoms with E-state index in [1.807, 2.05) is 12.1 Å². The third-order valence-corrected chi connectivity index (χ3v) is 8.87. The highest BCUT2D eigenvalue weighted by Crippen LogP contribution is 2.45. The monoisotopic (exact) mass is 671 g/mol. The van der Waals surface area contributed by atoms with Crippen molar-refractivity contribution in [2.45, 2.75) is 56.3 Å². The van der Waals surface area contributed by atoms with Gasteiger partial charge in [-0.3, -0.25) is 9.59 Å². The van der Waals surface area contributed by atoms with E-state index in [4.69, 9.17) is 44.3 Å². The van der Waals surface area contributed by atoms with Gasteiger partial charge in [-0.25, -0.2) is 8.78 Å². The summed E-state index contributed by atoms with van der Waals surface area (Å²) in [6.45, 7) is 5.95. The molecule has 1 atom stereocenters. The minimum atomic E-state index is -3.60. The topological polar surface area (TPSA) is 62.3 Å². The van der Waals surface area contributed by atoms with Crippen LogP contribution in [0.5, 0.6) is 0 Å². The van der Waals surface area contributed by atoms with Crippen molar-refractivity contribution in [3.63, 3.8) is 0 Å². The van der Waals surface area contributed by atoms with Crippen LogP contribution >= 0.6 is 34.8 Å². The van der Waals surface area contributed by atoms with E-state index in [0.29, 0.717) is 30.4 Å². The van der Waals surface area contributed by atoms with Gasteiger partial charge in [0.25, 0.3) is 17.7 Å². The van der Waals surface area contributed by atoms with Gasteiger partial charge in [0.15, 0.2) is 0 Å². The third-order valence-electron chi connectivity index (χ3n) is 8.12. The summed E-state index contributed by atoms with van der Waals surface area (Å²) >= 11 is 18.7. The van der Waals surface area contributed by atoms with Gasteiger partial charge in [0.1, 0.15) is 0 Å². The zero-order valence-corrected chi connectivity index (χ0v) is 27.4. The third kappa shape index (κ3) is 7.50. The lowest BCUT2D eigenvalue weighted by Gasteiger charge is -2.43. The van der Waals surface area contributed by atoms with E-state index in [1.165, 1.54) is 34.1 Å². The number of anilines is 1. The van der Waals surface area contributed by atoms with Gasteiger partial charge in [-0.15, -0.1) is 6.58 Å². The molecule has 2 amide bonds. The number of ether oxygens (including phenoxy) is 2. The minimum Gasteiger partial charge on any atom is -0.375 e. The fourth-order valence-corrected chi connectivity index (χ4v) is 6.61. The predicted molar refractivity (Wildman–Crippen MR) is 170 cm³/mol. The van der Waals surface area contributed by atoms with E-state index in [-0.39, 0.29) is 53.4 Å². The first-order valence-electron chi connectivity index (χ1n) is 14.6. The van der Waals surface area contributed by atoms with Crippen LogP contribution in [0.3, 0.4) is 0 Å². The molecule has 0 saturated carbocycles. The van der Waals surface area contributed by atoms with Crippen LogP contribution in [-0.4, -0.2) is 86.6 Å². The molecular weight excluding hydrogens is 635 g/mol. The van der Waals surface area contributed by atoms with Gasteiger partial charge < -0.3 is 24.2 Å². The van der Waals surface area contributed by atoms with Gasteiger partial charge in [-0.1, -0.05) is 40.9 Å². The lowest BCUT2D eigenvalue weighted by atomic mass is 9.85. The molecule has 44 heavy (non-hydrogen) atoms. The van der Waals surface area contributed by atoms with Crippen molar-refractivity contribution < 1.29 is 27.8 Å². The van der Waals surface area contributed by atoms with Crippen molar-refractivity contribution >= 4 is 52.3 Å². The molecule has 4 rings (SSSR count). The summed E-state index contributed by atoms with van der Waals surface area (Å²) in [5, 5.41) is 0.654. The molecule has 2 saturated heterocycles. The van der Waals surface area contributed by atoms with Crippen molar-refractivity contribution in [1.82, 2.24) is 9.80 Å². The second-order valence-corrected chi connectivity index (χ2v) is 12.8. The number of amides is 2. The van der Waals surface area contributed by atoms with Crippen molar-refractivity contribution in [2.24, 2.45) is 0 Å². The van der Waals surface area contributed by atoms with Crippen LogP contribution in [0.2, 0.25) is 15.1 Å². The number of carbonyl (C=O) groups excluding carboxylic acids is 2. The van der Waals surface area contributed by atoms with Gasteiger partial charge in [0.2, 0.25) is 5.60 Å². The highest BCUT2D eigenvalue weighted by atomic mass is 35.5. The number of piperidine rings is 2. The second-order valence-electron chi connectivity index (χ2n) is 11.5. The second kappa shape index (κ2) is 14.3. The van der Waals surface area contributed by atoms with E-state index < -0.39 is 17.4 Å². The first-order valence-corrected chi connectivity index (χ1v) is 15.7. The molecular formula is C32H38Cl3F2N3O4. The van der Waals surface area contributed by atoms with E-state index in [0.717, 1.165) is 31.6 Å². The molecule has 2 aromatic carbocycles. The number of alkyl halides is 2.